The van der Waals surface area contributed by atoms with E-state index in [4.69, 9.17) is 0 Å². The fourth-order valence-electron chi connectivity index (χ4n) is 1.64. The number of aromatic nitrogens is 3. The predicted octanol–water partition coefficient (Wildman–Crippen LogP) is 2.33. The van der Waals surface area contributed by atoms with Crippen molar-refractivity contribution in [1.29, 1.82) is 0 Å². The van der Waals surface area contributed by atoms with Gasteiger partial charge in [0.15, 0.2) is 12.4 Å². The smallest absolute Gasteiger partial charge is 0.422 e. The third-order valence-electron chi connectivity index (χ3n) is 2.54. The maximum absolute atomic E-state index is 12.1. The third kappa shape index (κ3) is 3.27. The number of para-hydroxylation sites is 1. The lowest BCUT2D eigenvalue weighted by Gasteiger charge is -2.08. The standard InChI is InChI=1S/C11H9F3N4O3/c1-17-9(7-4-2-3-5-8(7)18(19)20)15-16-10(17)21-6-11(12,13)14/h2-5H,6H2,1H3. The van der Waals surface area contributed by atoms with Crippen molar-refractivity contribution in [2.75, 3.05) is 6.61 Å². The van der Waals surface area contributed by atoms with Crippen LogP contribution in [0.15, 0.2) is 24.3 Å². The van der Waals surface area contributed by atoms with Crippen molar-refractivity contribution in [3.63, 3.8) is 0 Å². The van der Waals surface area contributed by atoms with Gasteiger partial charge in [0, 0.05) is 13.1 Å². The van der Waals surface area contributed by atoms with Crippen molar-refractivity contribution in [2.24, 2.45) is 7.05 Å². The number of rotatable bonds is 4. The van der Waals surface area contributed by atoms with Crippen LogP contribution in [0.2, 0.25) is 0 Å². The summed E-state index contributed by atoms with van der Waals surface area (Å²) < 4.78 is 41.9. The van der Waals surface area contributed by atoms with E-state index in [9.17, 15) is 23.3 Å². The molecule has 1 heterocycles. The molecule has 21 heavy (non-hydrogen) atoms. The van der Waals surface area contributed by atoms with E-state index >= 15 is 0 Å². The van der Waals surface area contributed by atoms with Crippen LogP contribution in [0.4, 0.5) is 18.9 Å². The first-order valence-electron chi connectivity index (χ1n) is 5.62. The highest BCUT2D eigenvalue weighted by Crippen LogP contribution is 2.29. The Balaban J connectivity index is 2.35. The maximum Gasteiger partial charge on any atom is 0.422 e. The minimum absolute atomic E-state index is 0.0412. The summed E-state index contributed by atoms with van der Waals surface area (Å²) in [5.74, 6) is 0.0412. The minimum atomic E-state index is -4.51. The average molecular weight is 302 g/mol. The number of nitrogens with zero attached hydrogens (tertiary/aromatic N) is 4. The van der Waals surface area contributed by atoms with Gasteiger partial charge in [-0.05, 0) is 6.07 Å². The monoisotopic (exact) mass is 302 g/mol. The molecule has 0 unspecified atom stereocenters. The summed E-state index contributed by atoms with van der Waals surface area (Å²) in [4.78, 5) is 10.3. The summed E-state index contributed by atoms with van der Waals surface area (Å²) in [6.45, 7) is -1.52. The highest BCUT2D eigenvalue weighted by molar-refractivity contribution is 5.68. The first kappa shape index (κ1) is 14.8. The second-order valence-electron chi connectivity index (χ2n) is 4.04. The highest BCUT2D eigenvalue weighted by Gasteiger charge is 2.30. The zero-order chi connectivity index (χ0) is 15.6. The molecule has 0 aliphatic heterocycles. The molecule has 0 saturated heterocycles. The topological polar surface area (TPSA) is 83.1 Å². The molecule has 0 bridgehead atoms. The molecule has 2 aromatic rings. The van der Waals surface area contributed by atoms with Crippen LogP contribution in [-0.4, -0.2) is 32.5 Å². The number of benzene rings is 1. The fourth-order valence-corrected chi connectivity index (χ4v) is 1.64. The molecule has 10 heteroatoms. The van der Waals surface area contributed by atoms with Gasteiger partial charge in [0.1, 0.15) is 0 Å². The van der Waals surface area contributed by atoms with Crippen LogP contribution in [0.5, 0.6) is 6.01 Å². The normalized spacial score (nSPS) is 11.4. The van der Waals surface area contributed by atoms with Gasteiger partial charge in [0.25, 0.3) is 5.69 Å². The summed E-state index contributed by atoms with van der Waals surface area (Å²) in [6.07, 6.45) is -4.51. The van der Waals surface area contributed by atoms with Gasteiger partial charge in [-0.15, -0.1) is 5.10 Å². The van der Waals surface area contributed by atoms with Crippen LogP contribution >= 0.6 is 0 Å². The zero-order valence-corrected chi connectivity index (χ0v) is 10.7. The summed E-state index contributed by atoms with van der Waals surface area (Å²) >= 11 is 0. The van der Waals surface area contributed by atoms with E-state index in [2.05, 4.69) is 14.9 Å². The van der Waals surface area contributed by atoms with Crippen molar-refractivity contribution in [1.82, 2.24) is 14.8 Å². The summed E-state index contributed by atoms with van der Waals surface area (Å²) in [5.41, 5.74) is -0.0882. The SMILES string of the molecule is Cn1c(OCC(F)(F)F)nnc1-c1ccccc1[N+](=O)[O-]. The Labute approximate surface area is 116 Å². The number of hydrogen-bond donors (Lipinski definition) is 0. The van der Waals surface area contributed by atoms with E-state index in [1.807, 2.05) is 0 Å². The summed E-state index contributed by atoms with van der Waals surface area (Å²) in [5, 5.41) is 18.0. The number of nitro groups is 1. The Hall–Kier alpha value is -2.65. The molecule has 0 aliphatic carbocycles. The Morgan fingerprint density at radius 3 is 2.62 bits per heavy atom. The largest absolute Gasteiger partial charge is 0.454 e. The number of nitro benzene ring substituents is 1. The van der Waals surface area contributed by atoms with E-state index in [1.165, 1.54) is 25.2 Å². The molecule has 112 valence electrons. The zero-order valence-electron chi connectivity index (χ0n) is 10.7. The van der Waals surface area contributed by atoms with E-state index in [0.29, 0.717) is 0 Å². The van der Waals surface area contributed by atoms with Crippen LogP contribution < -0.4 is 4.74 Å². The van der Waals surface area contributed by atoms with Crippen molar-refractivity contribution in [3.8, 4) is 17.4 Å². The molecule has 7 nitrogen and oxygen atoms in total. The molecule has 1 aromatic heterocycles. The van der Waals surface area contributed by atoms with Gasteiger partial charge in [-0.2, -0.15) is 13.2 Å². The number of hydrogen-bond acceptors (Lipinski definition) is 5. The third-order valence-corrected chi connectivity index (χ3v) is 2.54. The van der Waals surface area contributed by atoms with Gasteiger partial charge in [-0.3, -0.25) is 14.7 Å². The van der Waals surface area contributed by atoms with Gasteiger partial charge in [-0.25, -0.2) is 0 Å². The van der Waals surface area contributed by atoms with Crippen molar-refractivity contribution < 1.29 is 22.8 Å². The lowest BCUT2D eigenvalue weighted by molar-refractivity contribution is -0.384. The molecule has 2 rings (SSSR count). The first-order valence-corrected chi connectivity index (χ1v) is 5.62. The number of alkyl halides is 3. The van der Waals surface area contributed by atoms with Gasteiger partial charge < -0.3 is 4.74 Å². The van der Waals surface area contributed by atoms with Gasteiger partial charge in [0.05, 0.1) is 10.5 Å². The first-order chi connectivity index (χ1) is 9.79. The molecule has 0 atom stereocenters. The van der Waals surface area contributed by atoms with E-state index in [1.54, 1.807) is 6.07 Å². The predicted molar refractivity (Wildman–Crippen MR) is 64.6 cm³/mol. The van der Waals surface area contributed by atoms with Crippen molar-refractivity contribution >= 4 is 5.69 Å². The maximum atomic E-state index is 12.1. The minimum Gasteiger partial charge on any atom is -0.454 e. The molecule has 0 amide bonds. The Bertz CT molecular complexity index is 669. The second-order valence-corrected chi connectivity index (χ2v) is 4.04. The van der Waals surface area contributed by atoms with Crippen LogP contribution in [0.1, 0.15) is 0 Å². The Kier molecular flexibility index (Phi) is 3.78. The van der Waals surface area contributed by atoms with Crippen LogP contribution in [0.25, 0.3) is 11.4 Å². The number of ether oxygens (including phenoxy) is 1. The molecule has 0 spiro atoms. The fraction of sp³-hybridized carbons (Fsp3) is 0.273. The van der Waals surface area contributed by atoms with E-state index in [-0.39, 0.29) is 23.1 Å². The molecule has 0 aliphatic rings. The van der Waals surface area contributed by atoms with Crippen LogP contribution in [0, 0.1) is 10.1 Å². The van der Waals surface area contributed by atoms with Crippen LogP contribution in [0.3, 0.4) is 0 Å². The van der Waals surface area contributed by atoms with Gasteiger partial charge in [0.2, 0.25) is 0 Å². The Morgan fingerprint density at radius 2 is 2.00 bits per heavy atom. The molecule has 0 radical (unpaired) electrons. The average Bonchev–Trinajstić information content (AvgIpc) is 2.76. The number of halogens is 3. The summed E-state index contributed by atoms with van der Waals surface area (Å²) in [7, 11) is 1.36. The lowest BCUT2D eigenvalue weighted by Crippen LogP contribution is -2.20. The van der Waals surface area contributed by atoms with Crippen molar-refractivity contribution in [2.45, 2.75) is 6.18 Å². The molecule has 1 aromatic carbocycles. The quantitative estimate of drug-likeness (QED) is 0.639. The molecular formula is C11H9F3N4O3. The Morgan fingerprint density at radius 1 is 1.33 bits per heavy atom. The van der Waals surface area contributed by atoms with E-state index in [0.717, 1.165) is 4.57 Å². The molecule has 0 fully saturated rings. The molecular weight excluding hydrogens is 293 g/mol. The molecule has 0 N–H and O–H groups in total. The van der Waals surface area contributed by atoms with Crippen molar-refractivity contribution in [3.05, 3.63) is 34.4 Å². The van der Waals surface area contributed by atoms with Gasteiger partial charge in [-0.1, -0.05) is 17.2 Å². The van der Waals surface area contributed by atoms with Crippen LogP contribution in [-0.2, 0) is 7.05 Å². The highest BCUT2D eigenvalue weighted by atomic mass is 19.4. The molecule has 0 saturated carbocycles. The van der Waals surface area contributed by atoms with Gasteiger partial charge >= 0.3 is 12.2 Å². The summed E-state index contributed by atoms with van der Waals surface area (Å²) in [6, 6.07) is 5.34. The van der Waals surface area contributed by atoms with E-state index < -0.39 is 17.7 Å². The second kappa shape index (κ2) is 5.38. The lowest BCUT2D eigenvalue weighted by atomic mass is 10.1.